The van der Waals surface area contributed by atoms with Gasteiger partial charge in [-0.15, -0.1) is 11.8 Å². The third kappa shape index (κ3) is 3.86. The molecule has 7 heteroatoms. The van der Waals surface area contributed by atoms with E-state index in [-0.39, 0.29) is 5.91 Å². The summed E-state index contributed by atoms with van der Waals surface area (Å²) in [7, 11) is 1.59. The van der Waals surface area contributed by atoms with E-state index in [9.17, 15) is 9.59 Å². The van der Waals surface area contributed by atoms with Gasteiger partial charge >= 0.3 is 5.97 Å². The Balaban J connectivity index is 2.47. The van der Waals surface area contributed by atoms with E-state index in [1.165, 1.54) is 16.7 Å². The summed E-state index contributed by atoms with van der Waals surface area (Å²) >= 11 is 1.44. The van der Waals surface area contributed by atoms with Crippen molar-refractivity contribution in [3.8, 4) is 0 Å². The highest BCUT2D eigenvalue weighted by Gasteiger charge is 2.36. The van der Waals surface area contributed by atoms with Crippen LogP contribution in [0.3, 0.4) is 0 Å². The molecule has 0 saturated carbocycles. The molecule has 1 heterocycles. The monoisotopic (exact) mass is 262 g/mol. The Morgan fingerprint density at radius 1 is 1.65 bits per heavy atom. The molecule has 1 saturated heterocycles. The van der Waals surface area contributed by atoms with E-state index >= 15 is 0 Å². The lowest BCUT2D eigenvalue weighted by Gasteiger charge is -2.23. The molecule has 2 atom stereocenters. The normalized spacial score (nSPS) is 21.5. The third-order valence-corrected chi connectivity index (χ3v) is 3.64. The lowest BCUT2D eigenvalue weighted by molar-refractivity contribution is -0.148. The van der Waals surface area contributed by atoms with Crippen LogP contribution < -0.4 is 5.73 Å². The van der Waals surface area contributed by atoms with Crippen molar-refractivity contribution < 1.29 is 19.4 Å². The topological polar surface area (TPSA) is 92.9 Å². The number of thioether (sulfide) groups is 1. The van der Waals surface area contributed by atoms with E-state index in [0.29, 0.717) is 31.1 Å². The molecular weight excluding hydrogens is 244 g/mol. The summed E-state index contributed by atoms with van der Waals surface area (Å²) in [5, 5.41) is 8.96. The van der Waals surface area contributed by atoms with Crippen LogP contribution in [0.1, 0.15) is 12.8 Å². The molecule has 98 valence electrons. The first-order valence-corrected chi connectivity index (χ1v) is 6.59. The number of carbonyl (C=O) groups is 2. The van der Waals surface area contributed by atoms with Gasteiger partial charge in [0.1, 0.15) is 6.04 Å². The Labute approximate surface area is 104 Å². The molecule has 1 unspecified atom stereocenters. The highest BCUT2D eigenvalue weighted by atomic mass is 32.2. The van der Waals surface area contributed by atoms with E-state index < -0.39 is 18.1 Å². The number of carboxylic acids is 1. The van der Waals surface area contributed by atoms with Gasteiger partial charge in [-0.3, -0.25) is 4.79 Å². The van der Waals surface area contributed by atoms with Gasteiger partial charge in [0.25, 0.3) is 0 Å². The lowest BCUT2D eigenvalue weighted by Crippen LogP contribution is -2.49. The Morgan fingerprint density at radius 3 is 2.94 bits per heavy atom. The highest BCUT2D eigenvalue weighted by molar-refractivity contribution is 7.99. The van der Waals surface area contributed by atoms with Crippen molar-refractivity contribution in [1.29, 1.82) is 0 Å². The summed E-state index contributed by atoms with van der Waals surface area (Å²) in [5.74, 6) is -0.398. The van der Waals surface area contributed by atoms with Crippen molar-refractivity contribution in [2.75, 3.05) is 25.3 Å². The fraction of sp³-hybridized carbons (Fsp3) is 0.800. The molecule has 1 fully saturated rings. The molecule has 0 aromatic rings. The van der Waals surface area contributed by atoms with Crippen LogP contribution in [0.25, 0.3) is 0 Å². The fourth-order valence-corrected chi connectivity index (χ4v) is 2.80. The number of nitrogens with zero attached hydrogens (tertiary/aromatic N) is 1. The number of hydrogen-bond acceptors (Lipinski definition) is 5. The molecule has 0 spiro atoms. The summed E-state index contributed by atoms with van der Waals surface area (Å²) < 4.78 is 4.88. The van der Waals surface area contributed by atoms with E-state index in [1.54, 1.807) is 7.11 Å². The minimum atomic E-state index is -0.965. The number of carboxylic acid groups (broad SMARTS) is 1. The van der Waals surface area contributed by atoms with Crippen LogP contribution in [-0.4, -0.2) is 59.3 Å². The molecule has 17 heavy (non-hydrogen) atoms. The Bertz CT molecular complexity index is 287. The van der Waals surface area contributed by atoms with Crippen LogP contribution in [0, 0.1) is 0 Å². The van der Waals surface area contributed by atoms with Gasteiger partial charge in [-0.2, -0.15) is 0 Å². The average Bonchev–Trinajstić information content (AvgIpc) is 2.77. The van der Waals surface area contributed by atoms with Crippen molar-refractivity contribution in [1.82, 2.24) is 4.90 Å². The van der Waals surface area contributed by atoms with Crippen LogP contribution >= 0.6 is 11.8 Å². The van der Waals surface area contributed by atoms with Crippen molar-refractivity contribution in [3.63, 3.8) is 0 Å². The Hall–Kier alpha value is -0.790. The summed E-state index contributed by atoms with van der Waals surface area (Å²) in [6.07, 6.45) is 1.21. The maximum atomic E-state index is 11.9. The molecule has 0 aliphatic carbocycles. The van der Waals surface area contributed by atoms with E-state index in [1.807, 2.05) is 0 Å². The summed E-state index contributed by atoms with van der Waals surface area (Å²) in [6.45, 7) is 0.554. The van der Waals surface area contributed by atoms with Crippen LogP contribution in [0.4, 0.5) is 0 Å². The van der Waals surface area contributed by atoms with Crippen LogP contribution in [-0.2, 0) is 14.3 Å². The molecule has 0 radical (unpaired) electrons. The second-order valence-electron chi connectivity index (χ2n) is 3.90. The number of amides is 1. The molecule has 1 aliphatic heterocycles. The minimum Gasteiger partial charge on any atom is -0.480 e. The molecule has 1 rings (SSSR count). The first kappa shape index (κ1) is 14.3. The maximum Gasteiger partial charge on any atom is 0.327 e. The zero-order valence-corrected chi connectivity index (χ0v) is 10.6. The number of rotatable bonds is 6. The zero-order valence-electron chi connectivity index (χ0n) is 9.80. The Kier molecular flexibility index (Phi) is 5.73. The average molecular weight is 262 g/mol. The zero-order chi connectivity index (χ0) is 12.8. The van der Waals surface area contributed by atoms with Crippen LogP contribution in [0.2, 0.25) is 0 Å². The van der Waals surface area contributed by atoms with Gasteiger partial charge in [0, 0.05) is 19.5 Å². The van der Waals surface area contributed by atoms with E-state index in [4.69, 9.17) is 15.6 Å². The summed E-state index contributed by atoms with van der Waals surface area (Å²) in [4.78, 5) is 24.2. The van der Waals surface area contributed by atoms with Gasteiger partial charge < -0.3 is 20.5 Å². The standard InChI is InChI=1S/C10H18N2O4S/c1-16-4-2-3-7(11)9(13)12-6-17-5-8(12)10(14)15/h7-8H,2-6,11H2,1H3,(H,14,15)/t7?,8-/m0/s1. The SMILES string of the molecule is COCCCC(N)C(=O)N1CSC[C@H]1C(=O)O. The highest BCUT2D eigenvalue weighted by Crippen LogP contribution is 2.22. The minimum absolute atomic E-state index is 0.279. The smallest absolute Gasteiger partial charge is 0.327 e. The van der Waals surface area contributed by atoms with Crippen LogP contribution in [0.15, 0.2) is 0 Å². The maximum absolute atomic E-state index is 11.9. The van der Waals surface area contributed by atoms with Gasteiger partial charge in [-0.25, -0.2) is 4.79 Å². The van der Waals surface area contributed by atoms with Gasteiger partial charge in [0.2, 0.25) is 5.91 Å². The van der Waals surface area contributed by atoms with Gasteiger partial charge in [-0.1, -0.05) is 0 Å². The molecule has 3 N–H and O–H groups in total. The summed E-state index contributed by atoms with van der Waals surface area (Å²) in [5.41, 5.74) is 5.75. The first-order valence-electron chi connectivity index (χ1n) is 5.43. The van der Waals surface area contributed by atoms with Gasteiger partial charge in [0.05, 0.1) is 11.9 Å². The van der Waals surface area contributed by atoms with Crippen molar-refractivity contribution >= 4 is 23.6 Å². The fourth-order valence-electron chi connectivity index (χ4n) is 1.65. The lowest BCUT2D eigenvalue weighted by atomic mass is 10.1. The molecule has 1 aliphatic rings. The molecule has 0 aromatic heterocycles. The molecule has 6 nitrogen and oxygen atoms in total. The summed E-state index contributed by atoms with van der Waals surface area (Å²) in [6, 6.07) is -1.37. The number of nitrogens with two attached hydrogens (primary N) is 1. The largest absolute Gasteiger partial charge is 0.480 e. The quantitative estimate of drug-likeness (QED) is 0.640. The van der Waals surface area contributed by atoms with Gasteiger partial charge in [-0.05, 0) is 12.8 Å². The molecule has 0 bridgehead atoms. The number of carbonyl (C=O) groups excluding carboxylic acids is 1. The van der Waals surface area contributed by atoms with Crippen molar-refractivity contribution in [2.24, 2.45) is 5.73 Å². The molecule has 0 aromatic carbocycles. The van der Waals surface area contributed by atoms with Crippen LogP contribution in [0.5, 0.6) is 0 Å². The van der Waals surface area contributed by atoms with Gasteiger partial charge in [0.15, 0.2) is 0 Å². The second kappa shape index (κ2) is 6.83. The molecular formula is C10H18N2O4S. The predicted octanol–water partition coefficient (Wildman–Crippen LogP) is -0.274. The number of methoxy groups -OCH3 is 1. The third-order valence-electron chi connectivity index (χ3n) is 2.63. The second-order valence-corrected chi connectivity index (χ2v) is 4.90. The van der Waals surface area contributed by atoms with E-state index in [2.05, 4.69) is 0 Å². The number of ether oxygens (including phenoxy) is 1. The molecule has 1 amide bonds. The predicted molar refractivity (Wildman–Crippen MR) is 64.7 cm³/mol. The number of hydrogen-bond donors (Lipinski definition) is 2. The number of aliphatic carboxylic acids is 1. The van der Waals surface area contributed by atoms with E-state index in [0.717, 1.165) is 0 Å². The first-order chi connectivity index (χ1) is 8.07. The van der Waals surface area contributed by atoms with Crippen molar-refractivity contribution in [2.45, 2.75) is 24.9 Å². The Morgan fingerprint density at radius 2 is 2.35 bits per heavy atom. The van der Waals surface area contributed by atoms with Crippen molar-refractivity contribution in [3.05, 3.63) is 0 Å².